The molecule has 0 atom stereocenters. The molecule has 0 N–H and O–H groups in total. The van der Waals surface area contributed by atoms with E-state index in [0.717, 1.165) is 4.48 Å². The number of rotatable bonds is 14. The highest BCUT2D eigenvalue weighted by atomic mass is 32.2. The van der Waals surface area contributed by atoms with Crippen molar-refractivity contribution in [2.24, 2.45) is 0 Å². The van der Waals surface area contributed by atoms with Gasteiger partial charge in [0, 0.05) is 17.3 Å². The van der Waals surface area contributed by atoms with Crippen molar-refractivity contribution in [1.29, 1.82) is 0 Å². The molecule has 3 heteroatoms. The molecule has 0 radical (unpaired) electrons. The molecule has 0 fully saturated rings. The van der Waals surface area contributed by atoms with Crippen LogP contribution >= 0.6 is 23.5 Å². The van der Waals surface area contributed by atoms with Crippen LogP contribution in [0.1, 0.15) is 52.4 Å². The van der Waals surface area contributed by atoms with E-state index in [0.29, 0.717) is 0 Å². The van der Waals surface area contributed by atoms with Gasteiger partial charge in [0.2, 0.25) is 0 Å². The molecule has 0 saturated heterocycles. The lowest BCUT2D eigenvalue weighted by molar-refractivity contribution is -0.885. The second-order valence-electron chi connectivity index (χ2n) is 5.97. The third-order valence-corrected chi connectivity index (χ3v) is 6.00. The van der Waals surface area contributed by atoms with E-state index in [4.69, 9.17) is 0 Å². The van der Waals surface area contributed by atoms with Gasteiger partial charge < -0.3 is 4.48 Å². The monoisotopic (exact) mass is 306 g/mol. The lowest BCUT2D eigenvalue weighted by Gasteiger charge is -2.27. The van der Waals surface area contributed by atoms with Crippen LogP contribution in [0.4, 0.5) is 0 Å². The second-order valence-corrected chi connectivity index (χ2v) is 8.42. The van der Waals surface area contributed by atoms with E-state index in [2.05, 4.69) is 51.5 Å². The molecule has 19 heavy (non-hydrogen) atoms. The van der Waals surface area contributed by atoms with Crippen molar-refractivity contribution in [3.63, 3.8) is 0 Å². The van der Waals surface area contributed by atoms with E-state index in [1.807, 2.05) is 0 Å². The number of nitrogens with zero attached hydrogens (tertiary/aromatic N) is 1. The smallest absolute Gasteiger partial charge is 0.0874 e. The van der Waals surface area contributed by atoms with Crippen molar-refractivity contribution < 1.29 is 4.48 Å². The molecule has 0 saturated carbocycles. The Morgan fingerprint density at radius 2 is 1.26 bits per heavy atom. The summed E-state index contributed by atoms with van der Waals surface area (Å²) < 4.78 is 1.16. The van der Waals surface area contributed by atoms with E-state index in [1.54, 1.807) is 0 Å². The highest BCUT2D eigenvalue weighted by Gasteiger charge is 2.10. The first kappa shape index (κ1) is 19.7. The minimum atomic E-state index is 1.16. The summed E-state index contributed by atoms with van der Waals surface area (Å²) in [6, 6.07) is 0. The fraction of sp³-hybridized carbons (Fsp3) is 1.00. The van der Waals surface area contributed by atoms with Crippen molar-refractivity contribution in [2.75, 3.05) is 50.2 Å². The molecule has 0 aromatic heterocycles. The lowest BCUT2D eigenvalue weighted by Crippen LogP contribution is -2.41. The summed E-state index contributed by atoms with van der Waals surface area (Å²) in [7, 11) is 4.65. The van der Waals surface area contributed by atoms with Crippen LogP contribution in [0.5, 0.6) is 0 Å². The quantitative estimate of drug-likeness (QED) is 0.330. The summed E-state index contributed by atoms with van der Waals surface area (Å²) in [5.41, 5.74) is 0. The molecule has 0 aromatic carbocycles. The first-order valence-corrected chi connectivity index (χ1v) is 10.4. The van der Waals surface area contributed by atoms with Gasteiger partial charge in [-0.1, -0.05) is 39.0 Å². The molecule has 0 heterocycles. The Morgan fingerprint density at radius 3 is 1.89 bits per heavy atom. The van der Waals surface area contributed by atoms with Gasteiger partial charge in [0.05, 0.1) is 27.2 Å². The Kier molecular flexibility index (Phi) is 14.1. The Morgan fingerprint density at radius 1 is 0.684 bits per heavy atom. The van der Waals surface area contributed by atoms with Gasteiger partial charge >= 0.3 is 0 Å². The zero-order chi connectivity index (χ0) is 14.4. The number of unbranched alkanes of at least 4 members (excludes halogenated alkanes) is 5. The van der Waals surface area contributed by atoms with Crippen molar-refractivity contribution in [3.8, 4) is 0 Å². The SMILES string of the molecule is CCCCCCCCSCCSCC[N+](C)(C)CC. The first-order chi connectivity index (χ1) is 9.12. The molecular weight excluding hydrogens is 270 g/mol. The molecule has 0 unspecified atom stereocenters. The summed E-state index contributed by atoms with van der Waals surface area (Å²) in [6.45, 7) is 7.12. The van der Waals surface area contributed by atoms with Crippen LogP contribution in [0.2, 0.25) is 0 Å². The van der Waals surface area contributed by atoms with Gasteiger partial charge in [-0.2, -0.15) is 23.5 Å². The van der Waals surface area contributed by atoms with Crippen LogP contribution in [-0.2, 0) is 0 Å². The molecule has 0 aromatic rings. The van der Waals surface area contributed by atoms with Crippen LogP contribution in [0.25, 0.3) is 0 Å². The van der Waals surface area contributed by atoms with Crippen molar-refractivity contribution in [3.05, 3.63) is 0 Å². The van der Waals surface area contributed by atoms with E-state index < -0.39 is 0 Å². The fourth-order valence-corrected chi connectivity index (χ4v) is 4.16. The predicted molar refractivity (Wildman–Crippen MR) is 95.5 cm³/mol. The predicted octanol–water partition coefficient (Wildman–Crippen LogP) is 4.91. The normalized spacial score (nSPS) is 12.0. The summed E-state index contributed by atoms with van der Waals surface area (Å²) in [4.78, 5) is 0. The van der Waals surface area contributed by atoms with Crippen LogP contribution in [0, 0.1) is 0 Å². The number of hydrogen-bond donors (Lipinski definition) is 0. The standard InChI is InChI=1S/C16H36NS2/c1-5-7-8-9-10-11-13-18-15-16-19-14-12-17(3,4)6-2/h5-16H2,1-4H3/q+1. The molecule has 0 spiro atoms. The summed E-state index contributed by atoms with van der Waals surface area (Å²) in [5, 5.41) is 0. The molecule has 1 nitrogen and oxygen atoms in total. The Hall–Kier alpha value is 0.660. The first-order valence-electron chi connectivity index (χ1n) is 8.10. The largest absolute Gasteiger partial charge is 0.328 e. The van der Waals surface area contributed by atoms with E-state index in [1.165, 1.54) is 74.6 Å². The van der Waals surface area contributed by atoms with Gasteiger partial charge in [-0.3, -0.25) is 0 Å². The highest BCUT2D eigenvalue weighted by molar-refractivity contribution is 8.02. The molecule has 0 rings (SSSR count). The van der Waals surface area contributed by atoms with Crippen LogP contribution in [0.15, 0.2) is 0 Å². The van der Waals surface area contributed by atoms with Crippen LogP contribution in [0.3, 0.4) is 0 Å². The van der Waals surface area contributed by atoms with E-state index >= 15 is 0 Å². The summed E-state index contributed by atoms with van der Waals surface area (Å²) in [5.74, 6) is 5.38. The van der Waals surface area contributed by atoms with Gasteiger partial charge in [0.1, 0.15) is 0 Å². The minimum absolute atomic E-state index is 1.16. The number of quaternary nitrogens is 1. The summed E-state index contributed by atoms with van der Waals surface area (Å²) in [6.07, 6.45) is 8.56. The Balaban J connectivity index is 3.07. The maximum absolute atomic E-state index is 2.33. The maximum atomic E-state index is 2.33. The average Bonchev–Trinajstić information content (AvgIpc) is 2.40. The molecule has 0 aliphatic heterocycles. The van der Waals surface area contributed by atoms with Gasteiger partial charge in [0.15, 0.2) is 0 Å². The lowest BCUT2D eigenvalue weighted by atomic mass is 10.1. The zero-order valence-corrected chi connectivity index (χ0v) is 15.4. The third-order valence-electron chi connectivity index (χ3n) is 3.71. The highest BCUT2D eigenvalue weighted by Crippen LogP contribution is 2.12. The number of hydrogen-bond acceptors (Lipinski definition) is 2. The maximum Gasteiger partial charge on any atom is 0.0874 e. The molecule has 0 aliphatic carbocycles. The van der Waals surface area contributed by atoms with Gasteiger partial charge in [-0.05, 0) is 19.1 Å². The minimum Gasteiger partial charge on any atom is -0.328 e. The van der Waals surface area contributed by atoms with Crippen molar-refractivity contribution in [2.45, 2.75) is 52.4 Å². The Labute approximate surface area is 130 Å². The van der Waals surface area contributed by atoms with Gasteiger partial charge in [-0.15, -0.1) is 0 Å². The van der Waals surface area contributed by atoms with Crippen LogP contribution in [-0.4, -0.2) is 54.7 Å². The van der Waals surface area contributed by atoms with Crippen LogP contribution < -0.4 is 0 Å². The van der Waals surface area contributed by atoms with Crippen molar-refractivity contribution >= 4 is 23.5 Å². The second kappa shape index (κ2) is 13.6. The number of thioether (sulfide) groups is 2. The molecule has 0 amide bonds. The summed E-state index contributed by atoms with van der Waals surface area (Å²) >= 11 is 4.29. The Bertz CT molecular complexity index is 184. The molecule has 0 aliphatic rings. The fourth-order valence-electron chi connectivity index (χ4n) is 1.78. The average molecular weight is 307 g/mol. The van der Waals surface area contributed by atoms with Gasteiger partial charge in [0.25, 0.3) is 0 Å². The van der Waals surface area contributed by atoms with E-state index in [-0.39, 0.29) is 0 Å². The molecule has 116 valence electrons. The van der Waals surface area contributed by atoms with Crippen molar-refractivity contribution in [1.82, 2.24) is 0 Å². The van der Waals surface area contributed by atoms with E-state index in [9.17, 15) is 0 Å². The third kappa shape index (κ3) is 14.9. The molecule has 0 bridgehead atoms. The molecular formula is C16H36NS2+. The zero-order valence-electron chi connectivity index (χ0n) is 13.7. The topological polar surface area (TPSA) is 0 Å². The van der Waals surface area contributed by atoms with Gasteiger partial charge in [-0.25, -0.2) is 0 Å².